The summed E-state index contributed by atoms with van der Waals surface area (Å²) >= 11 is 0. The van der Waals surface area contributed by atoms with E-state index in [0.29, 0.717) is 56.6 Å². The molecule has 2 fully saturated rings. The minimum atomic E-state index is -0.657. The molecule has 2 aliphatic heterocycles. The number of nitrogens with two attached hydrogens (primary N) is 1. The molecule has 0 bridgehead atoms. The average Bonchev–Trinajstić information content (AvgIpc) is 3.38. The predicted molar refractivity (Wildman–Crippen MR) is 153 cm³/mol. The van der Waals surface area contributed by atoms with Crippen LogP contribution >= 0.6 is 0 Å². The Kier molecular flexibility index (Phi) is 9.77. The molecule has 4 rings (SSSR count). The molecule has 10 nitrogen and oxygen atoms in total. The minimum absolute atomic E-state index is 0.0777. The molecular formula is C31H40N4O6. The molecule has 0 aromatic heterocycles. The number of rotatable bonds is 9. The summed E-state index contributed by atoms with van der Waals surface area (Å²) in [5.41, 5.74) is 6.96. The van der Waals surface area contributed by atoms with Gasteiger partial charge >= 0.3 is 5.97 Å². The van der Waals surface area contributed by atoms with Crippen LogP contribution in [0.15, 0.2) is 54.6 Å². The molecular weight excluding hydrogens is 524 g/mol. The van der Waals surface area contributed by atoms with Crippen molar-refractivity contribution in [2.45, 2.75) is 70.5 Å². The zero-order chi connectivity index (χ0) is 29.6. The molecule has 2 amide bonds. The highest BCUT2D eigenvalue weighted by Gasteiger charge is 2.42. The number of carbonyl (C=O) groups is 3. The third-order valence-electron chi connectivity index (χ3n) is 7.19. The van der Waals surface area contributed by atoms with Crippen LogP contribution in [0.1, 0.15) is 61.5 Å². The number of hydrogen-bond acceptors (Lipinski definition) is 7. The van der Waals surface area contributed by atoms with Gasteiger partial charge in [0.05, 0.1) is 18.8 Å². The number of piperidine rings is 1. The van der Waals surface area contributed by atoms with Crippen LogP contribution in [0.4, 0.5) is 0 Å². The van der Waals surface area contributed by atoms with Crippen molar-refractivity contribution in [3.8, 4) is 0 Å². The van der Waals surface area contributed by atoms with Gasteiger partial charge in [-0.15, -0.1) is 0 Å². The van der Waals surface area contributed by atoms with Gasteiger partial charge in [-0.2, -0.15) is 0 Å². The monoisotopic (exact) mass is 564 g/mol. The molecule has 2 aromatic carbocycles. The number of amidine groups is 1. The number of nitrogens with zero attached hydrogens (tertiary/aromatic N) is 2. The molecule has 2 aromatic rings. The van der Waals surface area contributed by atoms with Crippen molar-refractivity contribution >= 4 is 23.6 Å². The standard InChI is InChI=1S/C31H40N4O6/c1-31(2,3)41-27(36)20-40-24-13-15-34(16-14-24)30(38)26-17-25(39-19-21-7-5-4-6-8-21)18-35(26)29(37)23-11-9-22(10-12-23)28(32)33/h4-12,24-26H,13-20H2,1-3H3,(H3,32,33)/t25-,26+/m1/s1. The van der Waals surface area contributed by atoms with Crippen LogP contribution in [0.2, 0.25) is 0 Å². The first-order valence-electron chi connectivity index (χ1n) is 14.0. The molecule has 2 aliphatic rings. The summed E-state index contributed by atoms with van der Waals surface area (Å²) in [5, 5.41) is 7.61. The van der Waals surface area contributed by atoms with E-state index in [4.69, 9.17) is 25.4 Å². The largest absolute Gasteiger partial charge is 0.458 e. The predicted octanol–water partition coefficient (Wildman–Crippen LogP) is 3.12. The third-order valence-corrected chi connectivity index (χ3v) is 7.19. The van der Waals surface area contributed by atoms with Crippen LogP contribution in [0.5, 0.6) is 0 Å². The second-order valence-electron chi connectivity index (χ2n) is 11.5. The number of hydrogen-bond donors (Lipinski definition) is 2. The van der Waals surface area contributed by atoms with Crippen LogP contribution in [-0.4, -0.2) is 83.5 Å². The highest BCUT2D eigenvalue weighted by molar-refractivity contribution is 6.00. The second-order valence-corrected chi connectivity index (χ2v) is 11.5. The fraction of sp³-hybridized carbons (Fsp3) is 0.484. The summed E-state index contributed by atoms with van der Waals surface area (Å²) in [5.74, 6) is -0.866. The molecule has 0 saturated carbocycles. The number of carbonyl (C=O) groups excluding carboxylic acids is 3. The number of nitrogens with one attached hydrogen (secondary N) is 1. The number of nitrogen functional groups attached to an aromatic ring is 1. The first-order chi connectivity index (χ1) is 19.5. The summed E-state index contributed by atoms with van der Waals surface area (Å²) in [7, 11) is 0. The molecule has 0 aliphatic carbocycles. The Balaban J connectivity index is 1.39. The number of benzene rings is 2. The van der Waals surface area contributed by atoms with Gasteiger partial charge in [0.15, 0.2) is 0 Å². The molecule has 0 unspecified atom stereocenters. The van der Waals surface area contributed by atoms with Crippen molar-refractivity contribution in [3.63, 3.8) is 0 Å². The molecule has 220 valence electrons. The topological polar surface area (TPSA) is 135 Å². The average molecular weight is 565 g/mol. The zero-order valence-corrected chi connectivity index (χ0v) is 24.0. The van der Waals surface area contributed by atoms with Crippen molar-refractivity contribution in [1.82, 2.24) is 9.80 Å². The normalized spacial score (nSPS) is 19.7. The van der Waals surface area contributed by atoms with Crippen molar-refractivity contribution in [2.75, 3.05) is 26.2 Å². The quantitative estimate of drug-likeness (QED) is 0.271. The summed E-state index contributed by atoms with van der Waals surface area (Å²) in [6.45, 7) is 6.94. The van der Waals surface area contributed by atoms with E-state index in [1.54, 1.807) is 34.1 Å². The van der Waals surface area contributed by atoms with E-state index >= 15 is 0 Å². The lowest BCUT2D eigenvalue weighted by atomic mass is 10.0. The van der Waals surface area contributed by atoms with Gasteiger partial charge < -0.3 is 29.7 Å². The van der Waals surface area contributed by atoms with E-state index in [9.17, 15) is 14.4 Å². The van der Waals surface area contributed by atoms with Crippen molar-refractivity contribution in [1.29, 1.82) is 5.41 Å². The van der Waals surface area contributed by atoms with Gasteiger partial charge in [0, 0.05) is 37.2 Å². The first kappa shape index (κ1) is 30.2. The smallest absolute Gasteiger partial charge is 0.332 e. The lowest BCUT2D eigenvalue weighted by Gasteiger charge is -2.35. The Morgan fingerprint density at radius 3 is 2.17 bits per heavy atom. The van der Waals surface area contributed by atoms with Crippen molar-refractivity contribution in [2.24, 2.45) is 5.73 Å². The SMILES string of the molecule is CC(C)(C)OC(=O)COC1CCN(C(=O)[C@@H]2C[C@@H](OCc3ccccc3)CN2C(=O)c2ccc(C(=N)N)cc2)CC1. The Morgan fingerprint density at radius 1 is 0.927 bits per heavy atom. The van der Waals surface area contributed by atoms with E-state index in [2.05, 4.69) is 0 Å². The Hall–Kier alpha value is -3.76. The summed E-state index contributed by atoms with van der Waals surface area (Å²) in [4.78, 5) is 42.7. The van der Waals surface area contributed by atoms with Gasteiger partial charge in [-0.1, -0.05) is 42.5 Å². The molecule has 2 saturated heterocycles. The Bertz CT molecular complexity index is 1220. The van der Waals surface area contributed by atoms with Gasteiger partial charge in [0.25, 0.3) is 5.91 Å². The van der Waals surface area contributed by atoms with Crippen molar-refractivity contribution < 1.29 is 28.6 Å². The van der Waals surface area contributed by atoms with Crippen LogP contribution < -0.4 is 5.73 Å². The van der Waals surface area contributed by atoms with Crippen molar-refractivity contribution in [3.05, 3.63) is 71.3 Å². The fourth-order valence-electron chi connectivity index (χ4n) is 5.13. The van der Waals surface area contributed by atoms with E-state index in [1.165, 1.54) is 0 Å². The van der Waals surface area contributed by atoms with Gasteiger partial charge in [-0.3, -0.25) is 15.0 Å². The Morgan fingerprint density at radius 2 is 1.56 bits per heavy atom. The highest BCUT2D eigenvalue weighted by Crippen LogP contribution is 2.27. The van der Waals surface area contributed by atoms with E-state index in [1.807, 2.05) is 51.1 Å². The maximum atomic E-state index is 13.8. The minimum Gasteiger partial charge on any atom is -0.458 e. The third kappa shape index (κ3) is 8.37. The maximum Gasteiger partial charge on any atom is 0.332 e. The lowest BCUT2D eigenvalue weighted by Crippen LogP contribution is -2.50. The number of likely N-dealkylation sites (tertiary alicyclic amines) is 2. The van der Waals surface area contributed by atoms with Gasteiger partial charge in [0.1, 0.15) is 24.1 Å². The van der Waals surface area contributed by atoms with Gasteiger partial charge in [-0.05, 0) is 51.3 Å². The Labute approximate surface area is 241 Å². The second kappa shape index (κ2) is 13.3. The summed E-state index contributed by atoms with van der Waals surface area (Å²) < 4.78 is 17.2. The van der Waals surface area contributed by atoms with Crippen LogP contribution in [0.3, 0.4) is 0 Å². The van der Waals surface area contributed by atoms with Crippen LogP contribution in [0, 0.1) is 5.41 Å². The summed E-state index contributed by atoms with van der Waals surface area (Å²) in [6, 6.07) is 15.7. The van der Waals surface area contributed by atoms with Crippen LogP contribution in [0.25, 0.3) is 0 Å². The molecule has 2 heterocycles. The van der Waals surface area contributed by atoms with E-state index in [0.717, 1.165) is 5.56 Å². The van der Waals surface area contributed by atoms with E-state index < -0.39 is 17.6 Å². The molecule has 10 heteroatoms. The maximum absolute atomic E-state index is 13.8. The molecule has 2 atom stereocenters. The molecule has 0 radical (unpaired) electrons. The molecule has 3 N–H and O–H groups in total. The first-order valence-corrected chi connectivity index (χ1v) is 14.0. The highest BCUT2D eigenvalue weighted by atomic mass is 16.6. The number of amides is 2. The van der Waals surface area contributed by atoms with E-state index in [-0.39, 0.29) is 36.5 Å². The number of esters is 1. The summed E-state index contributed by atoms with van der Waals surface area (Å²) in [6.07, 6.45) is 1.15. The zero-order valence-electron chi connectivity index (χ0n) is 24.0. The molecule has 41 heavy (non-hydrogen) atoms. The lowest BCUT2D eigenvalue weighted by molar-refractivity contribution is -0.163. The van der Waals surface area contributed by atoms with Gasteiger partial charge in [-0.25, -0.2) is 4.79 Å². The van der Waals surface area contributed by atoms with Gasteiger partial charge in [0.2, 0.25) is 5.91 Å². The van der Waals surface area contributed by atoms with Crippen LogP contribution in [-0.2, 0) is 30.4 Å². The fourth-order valence-corrected chi connectivity index (χ4v) is 5.13. The molecule has 0 spiro atoms. The number of ether oxygens (including phenoxy) is 3.